The van der Waals surface area contributed by atoms with Gasteiger partial charge in [0.15, 0.2) is 5.82 Å². The number of hydrogen-bond acceptors (Lipinski definition) is 5. The summed E-state index contributed by atoms with van der Waals surface area (Å²) in [5, 5.41) is 11.5. The van der Waals surface area contributed by atoms with Crippen LogP contribution in [0.15, 0.2) is 65.4 Å². The summed E-state index contributed by atoms with van der Waals surface area (Å²) in [6.07, 6.45) is 4.69. The van der Waals surface area contributed by atoms with Gasteiger partial charge in [0.2, 0.25) is 5.91 Å². The van der Waals surface area contributed by atoms with Crippen molar-refractivity contribution in [2.75, 3.05) is 5.32 Å². The number of hydrogen-bond donors (Lipinski definition) is 1. The summed E-state index contributed by atoms with van der Waals surface area (Å²) in [5.41, 5.74) is 4.36. The molecule has 0 radical (unpaired) electrons. The monoisotopic (exact) mass is 415 g/mol. The van der Waals surface area contributed by atoms with Crippen LogP contribution in [-0.2, 0) is 11.2 Å². The van der Waals surface area contributed by atoms with E-state index in [-0.39, 0.29) is 11.8 Å². The van der Waals surface area contributed by atoms with E-state index in [1.54, 1.807) is 6.20 Å². The van der Waals surface area contributed by atoms with Crippen molar-refractivity contribution >= 4 is 11.6 Å². The standard InChI is InChI=1S/C24H25N5O2/c1-16(2)23-27-24(31-28-23)20-11-7-8-17(3)22(20)26-21(30)13-12-18-14-25-29(15-18)19-9-5-4-6-10-19/h4-11,14-16H,12-13H2,1-3H3,(H,26,30). The Bertz CT molecular complexity index is 1180. The van der Waals surface area contributed by atoms with Gasteiger partial charge in [-0.2, -0.15) is 10.1 Å². The number of carbonyl (C=O) groups is 1. The number of nitrogens with zero attached hydrogens (tertiary/aromatic N) is 4. The lowest BCUT2D eigenvalue weighted by molar-refractivity contribution is -0.116. The summed E-state index contributed by atoms with van der Waals surface area (Å²) in [6, 6.07) is 15.6. The zero-order valence-corrected chi connectivity index (χ0v) is 17.9. The molecule has 7 heteroatoms. The van der Waals surface area contributed by atoms with Gasteiger partial charge in [0, 0.05) is 18.5 Å². The molecule has 1 amide bonds. The third kappa shape index (κ3) is 4.71. The molecule has 0 aliphatic heterocycles. The van der Waals surface area contributed by atoms with Crippen LogP contribution in [0.3, 0.4) is 0 Å². The molecule has 4 aromatic rings. The van der Waals surface area contributed by atoms with Crippen LogP contribution in [0.4, 0.5) is 5.69 Å². The highest BCUT2D eigenvalue weighted by atomic mass is 16.5. The molecule has 0 saturated heterocycles. The van der Waals surface area contributed by atoms with Crippen molar-refractivity contribution in [1.29, 1.82) is 0 Å². The van der Waals surface area contributed by atoms with E-state index in [0.29, 0.717) is 30.2 Å². The molecule has 0 atom stereocenters. The van der Waals surface area contributed by atoms with E-state index in [4.69, 9.17) is 4.52 Å². The Morgan fingerprint density at radius 3 is 2.68 bits per heavy atom. The second-order valence-corrected chi connectivity index (χ2v) is 7.79. The normalized spacial score (nSPS) is 11.1. The summed E-state index contributed by atoms with van der Waals surface area (Å²) in [7, 11) is 0. The van der Waals surface area contributed by atoms with Crippen molar-refractivity contribution in [1.82, 2.24) is 19.9 Å². The Morgan fingerprint density at radius 1 is 1.13 bits per heavy atom. The van der Waals surface area contributed by atoms with Crippen molar-refractivity contribution in [3.8, 4) is 17.1 Å². The van der Waals surface area contributed by atoms with Crippen LogP contribution in [0.1, 0.15) is 43.1 Å². The number of para-hydroxylation sites is 2. The SMILES string of the molecule is Cc1cccc(-c2nc(C(C)C)no2)c1NC(=O)CCc1cnn(-c2ccccc2)c1. The zero-order chi connectivity index (χ0) is 21.8. The van der Waals surface area contributed by atoms with Gasteiger partial charge in [0.1, 0.15) is 0 Å². The molecule has 0 unspecified atom stereocenters. The van der Waals surface area contributed by atoms with Gasteiger partial charge in [-0.05, 0) is 42.7 Å². The molecule has 0 spiro atoms. The number of anilines is 1. The Morgan fingerprint density at radius 2 is 1.94 bits per heavy atom. The molecule has 7 nitrogen and oxygen atoms in total. The lowest BCUT2D eigenvalue weighted by atomic mass is 10.1. The minimum absolute atomic E-state index is 0.0772. The van der Waals surface area contributed by atoms with E-state index < -0.39 is 0 Å². The first-order valence-electron chi connectivity index (χ1n) is 10.3. The van der Waals surface area contributed by atoms with Crippen LogP contribution in [0, 0.1) is 6.92 Å². The maximum absolute atomic E-state index is 12.7. The van der Waals surface area contributed by atoms with Crippen molar-refractivity contribution in [3.63, 3.8) is 0 Å². The fourth-order valence-electron chi connectivity index (χ4n) is 3.26. The molecule has 2 aromatic heterocycles. The van der Waals surface area contributed by atoms with Crippen LogP contribution in [0.25, 0.3) is 17.1 Å². The molecule has 0 saturated carbocycles. The van der Waals surface area contributed by atoms with Gasteiger partial charge in [-0.3, -0.25) is 4.79 Å². The van der Waals surface area contributed by atoms with E-state index in [9.17, 15) is 4.79 Å². The Hall–Kier alpha value is -3.74. The van der Waals surface area contributed by atoms with Crippen molar-refractivity contribution in [2.24, 2.45) is 0 Å². The number of aryl methyl sites for hydroxylation is 2. The van der Waals surface area contributed by atoms with Gasteiger partial charge in [-0.25, -0.2) is 4.68 Å². The number of amides is 1. The Labute approximate surface area is 181 Å². The smallest absolute Gasteiger partial charge is 0.260 e. The largest absolute Gasteiger partial charge is 0.334 e. The topological polar surface area (TPSA) is 85.8 Å². The van der Waals surface area contributed by atoms with E-state index >= 15 is 0 Å². The minimum atomic E-state index is -0.0772. The molecular weight excluding hydrogens is 390 g/mol. The van der Waals surface area contributed by atoms with Gasteiger partial charge < -0.3 is 9.84 Å². The van der Waals surface area contributed by atoms with E-state index in [0.717, 1.165) is 22.4 Å². The molecule has 2 heterocycles. The molecule has 0 aliphatic rings. The molecule has 0 bridgehead atoms. The molecule has 4 rings (SSSR count). The third-order valence-corrected chi connectivity index (χ3v) is 5.02. The summed E-state index contributed by atoms with van der Waals surface area (Å²) in [4.78, 5) is 17.2. The van der Waals surface area contributed by atoms with Gasteiger partial charge >= 0.3 is 0 Å². The highest BCUT2D eigenvalue weighted by Crippen LogP contribution is 2.30. The predicted octanol–water partition coefficient (Wildman–Crippen LogP) is 4.93. The van der Waals surface area contributed by atoms with Crippen LogP contribution in [-0.4, -0.2) is 25.8 Å². The highest BCUT2D eigenvalue weighted by Gasteiger charge is 2.17. The predicted molar refractivity (Wildman–Crippen MR) is 119 cm³/mol. The average molecular weight is 415 g/mol. The molecular formula is C24H25N5O2. The van der Waals surface area contributed by atoms with Crippen LogP contribution in [0.2, 0.25) is 0 Å². The van der Waals surface area contributed by atoms with Gasteiger partial charge in [-0.1, -0.05) is 49.3 Å². The first kappa shape index (κ1) is 20.5. The third-order valence-electron chi connectivity index (χ3n) is 5.02. The second-order valence-electron chi connectivity index (χ2n) is 7.79. The maximum atomic E-state index is 12.7. The van der Waals surface area contributed by atoms with Crippen LogP contribution in [0.5, 0.6) is 0 Å². The fraction of sp³-hybridized carbons (Fsp3) is 0.250. The molecule has 0 fully saturated rings. The number of carbonyl (C=O) groups excluding carboxylic acids is 1. The van der Waals surface area contributed by atoms with Crippen molar-refractivity contribution in [3.05, 3.63) is 77.9 Å². The quantitative estimate of drug-likeness (QED) is 0.463. The van der Waals surface area contributed by atoms with Crippen LogP contribution < -0.4 is 5.32 Å². The summed E-state index contributed by atoms with van der Waals surface area (Å²) < 4.78 is 7.25. The first-order valence-corrected chi connectivity index (χ1v) is 10.3. The fourth-order valence-corrected chi connectivity index (χ4v) is 3.26. The molecule has 2 aromatic carbocycles. The molecule has 31 heavy (non-hydrogen) atoms. The van der Waals surface area contributed by atoms with Crippen molar-refractivity contribution < 1.29 is 9.32 Å². The molecule has 158 valence electrons. The van der Waals surface area contributed by atoms with Gasteiger partial charge in [-0.15, -0.1) is 0 Å². The second kappa shape index (κ2) is 8.95. The number of aromatic nitrogens is 4. The Kier molecular flexibility index (Phi) is 5.93. The summed E-state index contributed by atoms with van der Waals surface area (Å²) in [6.45, 7) is 5.96. The number of rotatable bonds is 7. The van der Waals surface area contributed by atoms with Gasteiger partial charge in [0.05, 0.1) is 23.1 Å². The van der Waals surface area contributed by atoms with Crippen molar-refractivity contribution in [2.45, 2.75) is 39.5 Å². The Balaban J connectivity index is 1.45. The van der Waals surface area contributed by atoms with E-state index in [1.807, 2.05) is 80.2 Å². The lowest BCUT2D eigenvalue weighted by Gasteiger charge is -2.11. The maximum Gasteiger partial charge on any atom is 0.260 e. The molecule has 1 N–H and O–H groups in total. The zero-order valence-electron chi connectivity index (χ0n) is 17.9. The summed E-state index contributed by atoms with van der Waals surface area (Å²) >= 11 is 0. The van der Waals surface area contributed by atoms with E-state index in [1.165, 1.54) is 0 Å². The molecule has 0 aliphatic carbocycles. The van der Waals surface area contributed by atoms with Gasteiger partial charge in [0.25, 0.3) is 5.89 Å². The first-order chi connectivity index (χ1) is 15.0. The average Bonchev–Trinajstić information content (AvgIpc) is 3.44. The number of benzene rings is 2. The highest BCUT2D eigenvalue weighted by molar-refractivity contribution is 5.95. The lowest BCUT2D eigenvalue weighted by Crippen LogP contribution is -2.14. The summed E-state index contributed by atoms with van der Waals surface area (Å²) in [5.74, 6) is 1.14. The number of nitrogens with one attached hydrogen (secondary N) is 1. The van der Waals surface area contributed by atoms with E-state index in [2.05, 4.69) is 20.6 Å². The minimum Gasteiger partial charge on any atom is -0.334 e. The van der Waals surface area contributed by atoms with Crippen LogP contribution >= 0.6 is 0 Å².